The Labute approximate surface area is 183 Å². The Balaban J connectivity index is 2.22. The number of rotatable bonds is 8. The summed E-state index contributed by atoms with van der Waals surface area (Å²) in [5.41, 5.74) is -0.400. The molecule has 0 spiro atoms. The fraction of sp³-hybridized carbons (Fsp3) is 0.385. The summed E-state index contributed by atoms with van der Waals surface area (Å²) in [6.45, 7) is 1.12. The lowest BCUT2D eigenvalue weighted by Crippen LogP contribution is -2.71. The van der Waals surface area contributed by atoms with E-state index in [0.29, 0.717) is 11.8 Å². The second-order valence-electron chi connectivity index (χ2n) is 5.41. The van der Waals surface area contributed by atoms with Gasteiger partial charge in [-0.05, 0) is 0 Å². The van der Waals surface area contributed by atoms with Crippen molar-refractivity contribution in [3.63, 3.8) is 0 Å². The molecule has 164 valence electrons. The number of oxime groups is 1. The van der Waals surface area contributed by atoms with Gasteiger partial charge in [0.2, 0.25) is 5.91 Å². The number of alkyl halides is 1. The number of aromatic nitrogens is 1. The van der Waals surface area contributed by atoms with Crippen molar-refractivity contribution in [2.45, 2.75) is 18.3 Å². The summed E-state index contributed by atoms with van der Waals surface area (Å²) in [5, 5.41) is 7.72. The van der Waals surface area contributed by atoms with Gasteiger partial charge in [0, 0.05) is 12.3 Å². The van der Waals surface area contributed by atoms with Crippen LogP contribution in [0.5, 0.6) is 0 Å². The number of nitrogens with one attached hydrogen (secondary N) is 2. The molecule has 2 rings (SSSR count). The van der Waals surface area contributed by atoms with E-state index in [9.17, 15) is 27.6 Å². The first kappa shape index (κ1) is 24.0. The number of hydrogen-bond donors (Lipinski definition) is 3. The number of carbonyl (C=O) groups is 4. The van der Waals surface area contributed by atoms with Crippen LogP contribution in [-0.4, -0.2) is 75.2 Å². The zero-order chi connectivity index (χ0) is 22.6. The SMILES string of the molecule is CON=C(C(=O)N[C@@H]1C(=O)N(S(=O)(=O)O)[C@H]1SC(C)=O)c1csc(NC(=O)CCl)n1. The van der Waals surface area contributed by atoms with Gasteiger partial charge in [0.05, 0.1) is 0 Å². The van der Waals surface area contributed by atoms with Crippen LogP contribution in [0.15, 0.2) is 10.5 Å². The van der Waals surface area contributed by atoms with E-state index in [4.69, 9.17) is 16.2 Å². The molecule has 1 saturated heterocycles. The average molecular weight is 500 g/mol. The molecule has 2 heterocycles. The number of nitrogens with zero attached hydrogens (tertiary/aromatic N) is 3. The molecule has 2 atom stereocenters. The highest BCUT2D eigenvalue weighted by molar-refractivity contribution is 8.14. The lowest BCUT2D eigenvalue weighted by Gasteiger charge is -2.42. The highest BCUT2D eigenvalue weighted by Crippen LogP contribution is 2.32. The Kier molecular flexibility index (Phi) is 7.75. The Morgan fingerprint density at radius 1 is 1.47 bits per heavy atom. The van der Waals surface area contributed by atoms with Crippen molar-refractivity contribution in [3.05, 3.63) is 11.1 Å². The number of thiazole rings is 1. The van der Waals surface area contributed by atoms with E-state index < -0.39 is 44.6 Å². The van der Waals surface area contributed by atoms with E-state index in [1.165, 1.54) is 5.38 Å². The van der Waals surface area contributed by atoms with Crippen LogP contribution in [0.3, 0.4) is 0 Å². The van der Waals surface area contributed by atoms with Gasteiger partial charge in [-0.25, -0.2) is 4.98 Å². The molecule has 1 aliphatic rings. The zero-order valence-corrected chi connectivity index (χ0v) is 18.4. The molecule has 0 aliphatic carbocycles. The Morgan fingerprint density at radius 2 is 2.13 bits per heavy atom. The first-order valence-corrected chi connectivity index (χ1v) is 11.4. The van der Waals surface area contributed by atoms with E-state index in [0.717, 1.165) is 25.4 Å². The average Bonchev–Trinajstić information content (AvgIpc) is 3.09. The molecule has 13 nitrogen and oxygen atoms in total. The molecule has 30 heavy (non-hydrogen) atoms. The summed E-state index contributed by atoms with van der Waals surface area (Å²) in [4.78, 5) is 56.0. The minimum absolute atomic E-state index is 0.0154. The van der Waals surface area contributed by atoms with Crippen LogP contribution in [0.2, 0.25) is 0 Å². The van der Waals surface area contributed by atoms with Gasteiger partial charge in [-0.1, -0.05) is 16.9 Å². The van der Waals surface area contributed by atoms with Crippen molar-refractivity contribution < 1.29 is 37.0 Å². The molecule has 1 aliphatic heterocycles. The number of halogens is 1. The quantitative estimate of drug-likeness (QED) is 0.137. The Morgan fingerprint density at radius 3 is 2.67 bits per heavy atom. The fourth-order valence-corrected chi connectivity index (χ4v) is 5.02. The smallest absolute Gasteiger partial charge is 0.363 e. The fourth-order valence-electron chi connectivity index (χ4n) is 2.20. The summed E-state index contributed by atoms with van der Waals surface area (Å²) >= 11 is 6.79. The molecule has 0 bridgehead atoms. The maximum absolute atomic E-state index is 12.6. The van der Waals surface area contributed by atoms with Crippen LogP contribution in [0.4, 0.5) is 5.13 Å². The molecule has 0 radical (unpaired) electrons. The molecular weight excluding hydrogens is 486 g/mol. The number of thioether (sulfide) groups is 1. The van der Waals surface area contributed by atoms with Crippen LogP contribution < -0.4 is 10.6 Å². The highest BCUT2D eigenvalue weighted by atomic mass is 35.5. The summed E-state index contributed by atoms with van der Waals surface area (Å²) in [6, 6.07) is -1.44. The number of anilines is 1. The first-order chi connectivity index (χ1) is 14.0. The van der Waals surface area contributed by atoms with Gasteiger partial charge in [-0.15, -0.1) is 22.9 Å². The van der Waals surface area contributed by atoms with Crippen LogP contribution in [0.25, 0.3) is 0 Å². The standard InChI is InChI=1S/C13H14ClN5O8S3/c1-5(20)29-12-9(11(23)19(12)30(24,25)26)17-10(22)8(18-27-2)6-4-28-13(15-6)16-7(21)3-14/h4,9,12H,3H2,1-2H3,(H,17,22)(H,15,16,21)(H,24,25,26)/t9-,12+/m1/s1. The molecule has 3 N–H and O–H groups in total. The van der Waals surface area contributed by atoms with Gasteiger partial charge in [0.25, 0.3) is 11.8 Å². The molecule has 1 aromatic heterocycles. The predicted molar refractivity (Wildman–Crippen MR) is 107 cm³/mol. The molecule has 1 fully saturated rings. The number of hydrogen-bond acceptors (Lipinski definition) is 11. The third-order valence-corrected chi connectivity index (χ3v) is 6.43. The molecule has 0 unspecified atom stereocenters. The van der Waals surface area contributed by atoms with E-state index in [1.54, 1.807) is 0 Å². The molecule has 17 heteroatoms. The predicted octanol–water partition coefficient (Wildman–Crippen LogP) is -0.593. The van der Waals surface area contributed by atoms with E-state index in [2.05, 4.69) is 25.6 Å². The van der Waals surface area contributed by atoms with E-state index in [-0.39, 0.29) is 26.7 Å². The number of amides is 3. The minimum atomic E-state index is -4.93. The maximum atomic E-state index is 12.6. The van der Waals surface area contributed by atoms with E-state index >= 15 is 0 Å². The maximum Gasteiger partial charge on any atom is 0.363 e. The van der Waals surface area contributed by atoms with E-state index in [1.807, 2.05) is 0 Å². The highest BCUT2D eigenvalue weighted by Gasteiger charge is 2.55. The van der Waals surface area contributed by atoms with Crippen LogP contribution >= 0.6 is 34.7 Å². The molecule has 0 aromatic carbocycles. The third kappa shape index (κ3) is 5.45. The van der Waals surface area contributed by atoms with Gasteiger partial charge in [0.15, 0.2) is 16.0 Å². The van der Waals surface area contributed by atoms with Gasteiger partial charge in [-0.2, -0.15) is 12.7 Å². The van der Waals surface area contributed by atoms with Crippen molar-refractivity contribution in [1.82, 2.24) is 14.6 Å². The monoisotopic (exact) mass is 499 g/mol. The first-order valence-electron chi connectivity index (χ1n) is 7.71. The molecule has 3 amide bonds. The van der Waals surface area contributed by atoms with Crippen molar-refractivity contribution in [2.75, 3.05) is 18.3 Å². The minimum Gasteiger partial charge on any atom is -0.398 e. The zero-order valence-electron chi connectivity index (χ0n) is 15.2. The normalized spacial score (nSPS) is 19.1. The van der Waals surface area contributed by atoms with Gasteiger partial charge < -0.3 is 15.5 Å². The second-order valence-corrected chi connectivity index (χ2v) is 9.11. The van der Waals surface area contributed by atoms with Crippen LogP contribution in [-0.2, 0) is 34.3 Å². The number of carbonyl (C=O) groups excluding carboxylic acids is 4. The second kappa shape index (κ2) is 9.69. The van der Waals surface area contributed by atoms with Crippen LogP contribution in [0, 0.1) is 0 Å². The number of β-lactam (4-membered cyclic amide) rings is 1. The van der Waals surface area contributed by atoms with Crippen molar-refractivity contribution >= 4 is 78.7 Å². The summed E-state index contributed by atoms with van der Waals surface area (Å²) < 4.78 is 31.9. The van der Waals surface area contributed by atoms with Gasteiger partial charge in [-0.3, -0.25) is 23.7 Å². The summed E-state index contributed by atoms with van der Waals surface area (Å²) in [5.74, 6) is -2.95. The van der Waals surface area contributed by atoms with Crippen molar-refractivity contribution in [3.8, 4) is 0 Å². The molecular formula is C13H14ClN5O8S3. The van der Waals surface area contributed by atoms with Crippen LogP contribution in [0.1, 0.15) is 12.6 Å². The third-order valence-electron chi connectivity index (χ3n) is 3.33. The summed E-state index contributed by atoms with van der Waals surface area (Å²) in [7, 11) is -3.78. The Bertz CT molecular complexity index is 1010. The van der Waals surface area contributed by atoms with Gasteiger partial charge in [0.1, 0.15) is 30.1 Å². The molecule has 1 aromatic rings. The topological polar surface area (TPSA) is 184 Å². The Hall–Kier alpha value is -2.27. The van der Waals surface area contributed by atoms with Gasteiger partial charge >= 0.3 is 10.3 Å². The van der Waals surface area contributed by atoms with Crippen molar-refractivity contribution in [1.29, 1.82) is 0 Å². The largest absolute Gasteiger partial charge is 0.398 e. The van der Waals surface area contributed by atoms with Crippen molar-refractivity contribution in [2.24, 2.45) is 5.16 Å². The summed E-state index contributed by atoms with van der Waals surface area (Å²) in [6.07, 6.45) is 0. The molecule has 0 saturated carbocycles. The lowest BCUT2D eigenvalue weighted by atomic mass is 10.1. The lowest BCUT2D eigenvalue weighted by molar-refractivity contribution is -0.141.